The van der Waals surface area contributed by atoms with Crippen molar-refractivity contribution >= 4 is 0 Å². The van der Waals surface area contributed by atoms with Crippen LogP contribution >= 0.6 is 0 Å². The van der Waals surface area contributed by atoms with Crippen LogP contribution in [0.2, 0.25) is 0 Å². The third-order valence-corrected chi connectivity index (χ3v) is 4.85. The summed E-state index contributed by atoms with van der Waals surface area (Å²) in [6.07, 6.45) is 10.0. The van der Waals surface area contributed by atoms with Crippen LogP contribution in [0.15, 0.2) is 54.6 Å². The second-order valence-electron chi connectivity index (χ2n) is 7.32. The van der Waals surface area contributed by atoms with Gasteiger partial charge in [-0.25, -0.2) is 0 Å². The topological polar surface area (TPSA) is 41.5 Å². The molecule has 0 saturated heterocycles. The summed E-state index contributed by atoms with van der Waals surface area (Å²) in [5.74, 6) is 0.838. The van der Waals surface area contributed by atoms with Crippen LogP contribution in [0, 0.1) is 0 Å². The molecule has 27 heavy (non-hydrogen) atoms. The molecule has 0 heterocycles. The monoisotopic (exact) mass is 369 g/mol. The van der Waals surface area contributed by atoms with E-state index in [1.165, 1.54) is 44.1 Å². The molecule has 1 unspecified atom stereocenters. The number of hydrogen-bond donors (Lipinski definition) is 2. The fourth-order valence-electron chi connectivity index (χ4n) is 3.27. The molecule has 1 saturated carbocycles. The summed E-state index contributed by atoms with van der Waals surface area (Å²) in [5, 5.41) is 12.4. The van der Waals surface area contributed by atoms with Crippen LogP contribution in [0.1, 0.15) is 56.6 Å². The van der Waals surface area contributed by atoms with Gasteiger partial charge in [0.05, 0.1) is 6.61 Å². The lowest BCUT2D eigenvalue weighted by Crippen LogP contribution is -2.31. The predicted octanol–water partition coefficient (Wildman–Crippen LogP) is 5.12. The van der Waals surface area contributed by atoms with Crippen molar-refractivity contribution in [1.82, 2.24) is 5.32 Å². The molecule has 2 aromatic carbocycles. The summed E-state index contributed by atoms with van der Waals surface area (Å²) in [4.78, 5) is 0. The van der Waals surface area contributed by atoms with E-state index in [9.17, 15) is 0 Å². The highest BCUT2D eigenvalue weighted by atomic mass is 16.5. The highest BCUT2D eigenvalue weighted by molar-refractivity contribution is 5.26. The molecular formula is C24H35NO2. The smallest absolute Gasteiger partial charge is 0.119 e. The van der Waals surface area contributed by atoms with Crippen molar-refractivity contribution in [2.24, 2.45) is 0 Å². The first-order chi connectivity index (χ1) is 13.3. The van der Waals surface area contributed by atoms with Gasteiger partial charge in [0, 0.05) is 12.6 Å². The maximum absolute atomic E-state index is 8.97. The number of rotatable bonds is 8. The van der Waals surface area contributed by atoms with Gasteiger partial charge in [-0.2, -0.15) is 0 Å². The molecule has 3 heteroatoms. The van der Waals surface area contributed by atoms with Gasteiger partial charge >= 0.3 is 0 Å². The van der Waals surface area contributed by atoms with E-state index in [0.717, 1.165) is 24.3 Å². The summed E-state index contributed by atoms with van der Waals surface area (Å²) in [6, 6.07) is 18.4. The average Bonchev–Trinajstić information content (AvgIpc) is 2.74. The number of aliphatic hydroxyl groups is 1. The van der Waals surface area contributed by atoms with E-state index in [1.807, 2.05) is 30.3 Å². The van der Waals surface area contributed by atoms with Gasteiger partial charge in [-0.15, -0.1) is 0 Å². The van der Waals surface area contributed by atoms with Gasteiger partial charge in [-0.1, -0.05) is 81.0 Å². The standard InChI is InChI=1S/C18H23NO2.C6H12/c1-15(13-16-5-3-2-4-6-16)19-11-12-21-18-9-7-17(14-20)8-10-18;1-2-4-6-5-3-1/h2-10,15,19-20H,11-14H2,1H3;1-6H2. The molecule has 148 valence electrons. The Morgan fingerprint density at radius 3 is 2.00 bits per heavy atom. The third-order valence-electron chi connectivity index (χ3n) is 4.85. The molecule has 0 radical (unpaired) electrons. The van der Waals surface area contributed by atoms with Crippen LogP contribution in [-0.4, -0.2) is 24.3 Å². The third kappa shape index (κ3) is 9.60. The number of ether oxygens (including phenoxy) is 1. The number of benzene rings is 2. The molecule has 0 spiro atoms. The Labute approximate surface area is 164 Å². The molecule has 0 aliphatic heterocycles. The second-order valence-corrected chi connectivity index (χ2v) is 7.32. The summed E-state index contributed by atoms with van der Waals surface area (Å²) >= 11 is 0. The van der Waals surface area contributed by atoms with Gasteiger partial charge < -0.3 is 15.2 Å². The van der Waals surface area contributed by atoms with Crippen LogP contribution in [0.25, 0.3) is 0 Å². The number of aliphatic hydroxyl groups excluding tert-OH is 1. The molecular weight excluding hydrogens is 334 g/mol. The highest BCUT2D eigenvalue weighted by Gasteiger charge is 2.02. The fourth-order valence-corrected chi connectivity index (χ4v) is 3.27. The van der Waals surface area contributed by atoms with Gasteiger partial charge in [0.15, 0.2) is 0 Å². The van der Waals surface area contributed by atoms with E-state index in [4.69, 9.17) is 9.84 Å². The lowest BCUT2D eigenvalue weighted by molar-refractivity contribution is 0.281. The van der Waals surface area contributed by atoms with E-state index in [0.29, 0.717) is 12.6 Å². The van der Waals surface area contributed by atoms with Crippen LogP contribution in [-0.2, 0) is 13.0 Å². The number of nitrogens with one attached hydrogen (secondary N) is 1. The molecule has 1 aliphatic rings. The second kappa shape index (κ2) is 13.3. The molecule has 1 atom stereocenters. The first kappa shape index (κ1) is 21.5. The Morgan fingerprint density at radius 2 is 1.44 bits per heavy atom. The first-order valence-corrected chi connectivity index (χ1v) is 10.4. The molecule has 3 nitrogen and oxygen atoms in total. The van der Waals surface area contributed by atoms with Gasteiger partial charge in [-0.3, -0.25) is 0 Å². The Hall–Kier alpha value is -1.84. The maximum Gasteiger partial charge on any atom is 0.119 e. The molecule has 0 aromatic heterocycles. The van der Waals surface area contributed by atoms with Crippen LogP contribution in [0.3, 0.4) is 0 Å². The van der Waals surface area contributed by atoms with E-state index >= 15 is 0 Å². The predicted molar refractivity (Wildman–Crippen MR) is 113 cm³/mol. The van der Waals surface area contributed by atoms with Gasteiger partial charge in [0.25, 0.3) is 0 Å². The minimum atomic E-state index is 0.0683. The zero-order valence-electron chi connectivity index (χ0n) is 16.7. The van der Waals surface area contributed by atoms with Crippen LogP contribution in [0.4, 0.5) is 0 Å². The van der Waals surface area contributed by atoms with E-state index < -0.39 is 0 Å². The summed E-state index contributed by atoms with van der Waals surface area (Å²) < 4.78 is 5.66. The zero-order valence-corrected chi connectivity index (χ0v) is 16.7. The van der Waals surface area contributed by atoms with Crippen molar-refractivity contribution in [3.8, 4) is 5.75 Å². The van der Waals surface area contributed by atoms with Crippen LogP contribution < -0.4 is 10.1 Å². The maximum atomic E-state index is 8.97. The van der Waals surface area contributed by atoms with Gasteiger partial charge in [0.1, 0.15) is 12.4 Å². The molecule has 1 fully saturated rings. The molecule has 0 bridgehead atoms. The zero-order chi connectivity index (χ0) is 19.2. The molecule has 2 N–H and O–H groups in total. The Balaban J connectivity index is 0.000000369. The van der Waals surface area contributed by atoms with Crippen molar-refractivity contribution in [1.29, 1.82) is 0 Å². The van der Waals surface area contributed by atoms with E-state index in [-0.39, 0.29) is 6.61 Å². The Morgan fingerprint density at radius 1 is 0.852 bits per heavy atom. The van der Waals surface area contributed by atoms with Gasteiger partial charge in [0.2, 0.25) is 0 Å². The van der Waals surface area contributed by atoms with E-state index in [1.54, 1.807) is 0 Å². The van der Waals surface area contributed by atoms with E-state index in [2.05, 4.69) is 36.5 Å². The normalized spacial score (nSPS) is 14.7. The average molecular weight is 370 g/mol. The summed E-state index contributed by atoms with van der Waals surface area (Å²) in [5.41, 5.74) is 2.25. The molecule has 3 rings (SSSR count). The Kier molecular flexibility index (Phi) is 10.6. The quantitative estimate of drug-likeness (QED) is 0.635. The Bertz CT molecular complexity index is 582. The van der Waals surface area contributed by atoms with Crippen LogP contribution in [0.5, 0.6) is 5.75 Å². The minimum absolute atomic E-state index is 0.0683. The molecule has 0 amide bonds. The largest absolute Gasteiger partial charge is 0.492 e. The SMILES string of the molecule is C1CCCCC1.CC(Cc1ccccc1)NCCOc1ccc(CO)cc1. The number of hydrogen-bond acceptors (Lipinski definition) is 3. The summed E-state index contributed by atoms with van der Waals surface area (Å²) in [7, 11) is 0. The fraction of sp³-hybridized carbons (Fsp3) is 0.500. The minimum Gasteiger partial charge on any atom is -0.492 e. The summed E-state index contributed by atoms with van der Waals surface area (Å²) in [6.45, 7) is 3.70. The molecule has 2 aromatic rings. The van der Waals surface area contributed by atoms with Crippen molar-refractivity contribution in [3.05, 3.63) is 65.7 Å². The first-order valence-electron chi connectivity index (χ1n) is 10.4. The lowest BCUT2D eigenvalue weighted by atomic mass is 10.0. The highest BCUT2D eigenvalue weighted by Crippen LogP contribution is 2.15. The van der Waals surface area contributed by atoms with Crippen molar-refractivity contribution in [3.63, 3.8) is 0 Å². The lowest BCUT2D eigenvalue weighted by Gasteiger charge is -2.14. The van der Waals surface area contributed by atoms with Crippen molar-refractivity contribution in [2.45, 2.75) is 64.5 Å². The molecule has 1 aliphatic carbocycles. The van der Waals surface area contributed by atoms with Gasteiger partial charge in [-0.05, 0) is 36.6 Å². The van der Waals surface area contributed by atoms with Crippen molar-refractivity contribution in [2.75, 3.05) is 13.2 Å². The van der Waals surface area contributed by atoms with Crippen molar-refractivity contribution < 1.29 is 9.84 Å².